The fraction of sp³-hybridized carbons (Fsp3) is 0. The predicted molar refractivity (Wildman–Crippen MR) is 82.9 cm³/mol. The molecule has 0 amide bonds. The summed E-state index contributed by atoms with van der Waals surface area (Å²) in [7, 11) is 0. The van der Waals surface area contributed by atoms with Gasteiger partial charge in [0, 0.05) is 17.4 Å². The van der Waals surface area contributed by atoms with E-state index in [0.717, 1.165) is 0 Å². The Kier molecular flexibility index (Phi) is 3.83. The highest BCUT2D eigenvalue weighted by atomic mass is 35.5. The highest BCUT2D eigenvalue weighted by Gasteiger charge is 2.17. The molecule has 110 valence electrons. The van der Waals surface area contributed by atoms with Crippen LogP contribution in [0.3, 0.4) is 0 Å². The van der Waals surface area contributed by atoms with Crippen molar-refractivity contribution in [2.45, 2.75) is 0 Å². The van der Waals surface area contributed by atoms with E-state index in [1.54, 1.807) is 18.2 Å². The number of benzene rings is 1. The van der Waals surface area contributed by atoms with E-state index in [-0.39, 0.29) is 16.3 Å². The summed E-state index contributed by atoms with van der Waals surface area (Å²) in [4.78, 5) is 28.5. The number of pyridine rings is 1. The van der Waals surface area contributed by atoms with Gasteiger partial charge in [-0.1, -0.05) is 29.3 Å². The number of carbonyl (C=O) groups is 1. The van der Waals surface area contributed by atoms with Crippen molar-refractivity contribution in [3.05, 3.63) is 74.8 Å². The lowest BCUT2D eigenvalue weighted by molar-refractivity contribution is 0.0732. The van der Waals surface area contributed by atoms with Crippen molar-refractivity contribution in [1.29, 1.82) is 0 Å². The number of hydrogen-bond acceptors (Lipinski definition) is 4. The van der Waals surface area contributed by atoms with Gasteiger partial charge >= 0.3 is 5.97 Å². The van der Waals surface area contributed by atoms with E-state index in [9.17, 15) is 9.59 Å². The van der Waals surface area contributed by atoms with Gasteiger partial charge in [-0.15, -0.1) is 0 Å². The second kappa shape index (κ2) is 5.79. The van der Waals surface area contributed by atoms with E-state index < -0.39 is 11.5 Å². The van der Waals surface area contributed by atoms with Crippen LogP contribution in [0.15, 0.2) is 53.6 Å². The molecule has 0 atom stereocenters. The van der Waals surface area contributed by atoms with Gasteiger partial charge in [0.15, 0.2) is 0 Å². The molecule has 0 spiro atoms. The van der Waals surface area contributed by atoms with Crippen molar-refractivity contribution in [3.8, 4) is 5.75 Å². The minimum Gasteiger partial charge on any atom is -0.421 e. The Morgan fingerprint density at radius 1 is 1.18 bits per heavy atom. The topological polar surface area (TPSA) is 60.7 Å². The molecule has 2 heterocycles. The zero-order valence-electron chi connectivity index (χ0n) is 11.0. The normalized spacial score (nSPS) is 10.6. The molecule has 0 saturated heterocycles. The van der Waals surface area contributed by atoms with E-state index in [1.165, 1.54) is 35.0 Å². The molecule has 22 heavy (non-hydrogen) atoms. The summed E-state index contributed by atoms with van der Waals surface area (Å²) in [5, 5.41) is 0.590. The van der Waals surface area contributed by atoms with Crippen LogP contribution in [0.4, 0.5) is 0 Å². The van der Waals surface area contributed by atoms with Gasteiger partial charge < -0.3 is 4.74 Å². The highest BCUT2D eigenvalue weighted by Crippen LogP contribution is 2.27. The van der Waals surface area contributed by atoms with Crippen molar-refractivity contribution in [2.75, 3.05) is 0 Å². The van der Waals surface area contributed by atoms with Crippen LogP contribution in [0.25, 0.3) is 5.65 Å². The number of aromatic nitrogens is 2. The van der Waals surface area contributed by atoms with Gasteiger partial charge in [-0.3, -0.25) is 9.20 Å². The summed E-state index contributed by atoms with van der Waals surface area (Å²) >= 11 is 11.7. The summed E-state index contributed by atoms with van der Waals surface area (Å²) < 4.78 is 6.40. The first kappa shape index (κ1) is 14.6. The summed E-state index contributed by atoms with van der Waals surface area (Å²) in [5.41, 5.74) is -0.260. The smallest absolute Gasteiger partial charge is 0.350 e. The molecule has 5 nitrogen and oxygen atoms in total. The quantitative estimate of drug-likeness (QED) is 0.533. The second-order valence-electron chi connectivity index (χ2n) is 4.37. The number of fused-ring (bicyclic) bond motifs is 1. The van der Waals surface area contributed by atoms with Gasteiger partial charge in [-0.2, -0.15) is 0 Å². The summed E-state index contributed by atoms with van der Waals surface area (Å²) in [6.45, 7) is 0. The van der Waals surface area contributed by atoms with E-state index in [2.05, 4.69) is 4.98 Å². The maximum absolute atomic E-state index is 12.3. The van der Waals surface area contributed by atoms with Gasteiger partial charge in [-0.05, 0) is 30.3 Å². The van der Waals surface area contributed by atoms with Crippen LogP contribution < -0.4 is 10.3 Å². The van der Waals surface area contributed by atoms with Crippen LogP contribution in [-0.2, 0) is 0 Å². The SMILES string of the molecule is O=C(Oc1ccc(Cl)cc1Cl)c1cnc2ccccn2c1=O. The zero-order chi connectivity index (χ0) is 15.7. The van der Waals surface area contributed by atoms with Crippen LogP contribution in [0.2, 0.25) is 10.0 Å². The van der Waals surface area contributed by atoms with Crippen molar-refractivity contribution in [2.24, 2.45) is 0 Å². The largest absolute Gasteiger partial charge is 0.421 e. The maximum atomic E-state index is 12.3. The molecule has 0 bridgehead atoms. The molecule has 2 aromatic heterocycles. The van der Waals surface area contributed by atoms with Crippen molar-refractivity contribution >= 4 is 34.8 Å². The third-order valence-corrected chi connectivity index (χ3v) is 3.46. The average Bonchev–Trinajstić information content (AvgIpc) is 2.50. The first-order valence-electron chi connectivity index (χ1n) is 6.20. The first-order valence-corrected chi connectivity index (χ1v) is 6.95. The number of hydrogen-bond donors (Lipinski definition) is 0. The van der Waals surface area contributed by atoms with Crippen LogP contribution >= 0.6 is 23.2 Å². The van der Waals surface area contributed by atoms with Crippen molar-refractivity contribution < 1.29 is 9.53 Å². The van der Waals surface area contributed by atoms with Crippen molar-refractivity contribution in [3.63, 3.8) is 0 Å². The number of halogens is 2. The average molecular weight is 335 g/mol. The number of rotatable bonds is 2. The van der Waals surface area contributed by atoms with E-state index >= 15 is 0 Å². The van der Waals surface area contributed by atoms with Crippen LogP contribution in [-0.4, -0.2) is 15.4 Å². The molecule has 3 rings (SSSR count). The van der Waals surface area contributed by atoms with E-state index in [4.69, 9.17) is 27.9 Å². The van der Waals surface area contributed by atoms with Crippen LogP contribution in [0.5, 0.6) is 5.75 Å². The molecule has 0 aliphatic heterocycles. The Hall–Kier alpha value is -2.37. The Bertz CT molecular complexity index is 937. The Labute approximate surface area is 134 Å². The Balaban J connectivity index is 1.99. The molecule has 0 radical (unpaired) electrons. The Morgan fingerprint density at radius 2 is 2.00 bits per heavy atom. The number of nitrogens with zero attached hydrogens (tertiary/aromatic N) is 2. The minimum atomic E-state index is -0.833. The molecule has 3 aromatic rings. The minimum absolute atomic E-state index is 0.119. The van der Waals surface area contributed by atoms with Gasteiger partial charge in [-0.25, -0.2) is 9.78 Å². The molecule has 0 saturated carbocycles. The summed E-state index contributed by atoms with van der Waals surface area (Å²) in [6, 6.07) is 9.49. The van der Waals surface area contributed by atoms with Gasteiger partial charge in [0.2, 0.25) is 0 Å². The first-order chi connectivity index (χ1) is 10.6. The third kappa shape index (κ3) is 2.68. The predicted octanol–water partition coefficient (Wildman–Crippen LogP) is 3.22. The van der Waals surface area contributed by atoms with Crippen LogP contribution in [0.1, 0.15) is 10.4 Å². The van der Waals surface area contributed by atoms with Crippen molar-refractivity contribution in [1.82, 2.24) is 9.38 Å². The van der Waals surface area contributed by atoms with E-state index in [1.807, 2.05) is 0 Å². The van der Waals surface area contributed by atoms with Gasteiger partial charge in [0.25, 0.3) is 5.56 Å². The number of ether oxygens (including phenoxy) is 1. The number of carbonyl (C=O) groups excluding carboxylic acids is 1. The molecular weight excluding hydrogens is 327 g/mol. The monoisotopic (exact) mass is 334 g/mol. The lowest BCUT2D eigenvalue weighted by Gasteiger charge is -2.07. The molecule has 1 aromatic carbocycles. The lowest BCUT2D eigenvalue weighted by Crippen LogP contribution is -2.25. The maximum Gasteiger partial charge on any atom is 0.350 e. The standard InChI is InChI=1S/C15H8Cl2N2O3/c16-9-4-5-12(11(17)7-9)22-15(21)10-8-18-13-3-1-2-6-19(13)14(10)20/h1-8H. The number of esters is 1. The molecule has 0 unspecified atom stereocenters. The van der Waals surface area contributed by atoms with Crippen LogP contribution in [0, 0.1) is 0 Å². The zero-order valence-corrected chi connectivity index (χ0v) is 12.5. The molecule has 0 N–H and O–H groups in total. The highest BCUT2D eigenvalue weighted by molar-refractivity contribution is 6.35. The fourth-order valence-electron chi connectivity index (χ4n) is 1.88. The fourth-order valence-corrected chi connectivity index (χ4v) is 2.33. The molecule has 0 aliphatic carbocycles. The van der Waals surface area contributed by atoms with Gasteiger partial charge in [0.1, 0.15) is 17.0 Å². The third-order valence-electron chi connectivity index (χ3n) is 2.93. The molecular formula is C15H8Cl2N2O3. The second-order valence-corrected chi connectivity index (χ2v) is 5.21. The lowest BCUT2D eigenvalue weighted by atomic mass is 10.3. The summed E-state index contributed by atoms with van der Waals surface area (Å²) in [5.74, 6) is -0.714. The Morgan fingerprint density at radius 3 is 2.77 bits per heavy atom. The molecule has 0 fully saturated rings. The molecule has 7 heteroatoms. The van der Waals surface area contributed by atoms with E-state index in [0.29, 0.717) is 10.7 Å². The summed E-state index contributed by atoms with van der Waals surface area (Å²) in [6.07, 6.45) is 2.71. The molecule has 0 aliphatic rings. The van der Waals surface area contributed by atoms with Gasteiger partial charge in [0.05, 0.1) is 5.02 Å².